The highest BCUT2D eigenvalue weighted by Gasteiger charge is 2.08. The molecule has 0 aliphatic rings. The zero-order chi connectivity index (χ0) is 12.4. The molecule has 2 aromatic rings. The normalized spacial score (nSPS) is 10.8. The first-order valence-corrected chi connectivity index (χ1v) is 6.76. The van der Waals surface area contributed by atoms with Crippen LogP contribution in [0.15, 0.2) is 22.7 Å². The van der Waals surface area contributed by atoms with Gasteiger partial charge in [-0.25, -0.2) is 0 Å². The number of aromatic amines is 1. The molecule has 2 rings (SSSR count). The van der Waals surface area contributed by atoms with Gasteiger partial charge in [-0.1, -0.05) is 28.9 Å². The minimum absolute atomic E-state index is 0.643. The average molecular weight is 312 g/mol. The number of nitrogens with one attached hydrogen (secondary N) is 1. The van der Waals surface area contributed by atoms with Crippen LogP contribution in [0.2, 0.25) is 0 Å². The molecule has 0 fully saturated rings. The smallest absolute Gasteiger partial charge is 0.199 e. The largest absolute Gasteiger partial charge is 0.272 e. The summed E-state index contributed by atoms with van der Waals surface area (Å²) in [6, 6.07) is 6.20. The highest BCUT2D eigenvalue weighted by Crippen LogP contribution is 2.21. The van der Waals surface area contributed by atoms with Crippen molar-refractivity contribution >= 4 is 28.1 Å². The fraction of sp³-hybridized carbons (Fsp3) is 0.333. The van der Waals surface area contributed by atoms with Gasteiger partial charge in [0.05, 0.1) is 5.69 Å². The molecule has 90 valence electrons. The van der Waals surface area contributed by atoms with Crippen molar-refractivity contribution in [1.29, 1.82) is 0 Å². The van der Waals surface area contributed by atoms with Crippen LogP contribution in [0.5, 0.6) is 0 Å². The van der Waals surface area contributed by atoms with Crippen LogP contribution in [0.4, 0.5) is 0 Å². The van der Waals surface area contributed by atoms with Gasteiger partial charge in [-0.15, -0.1) is 0 Å². The van der Waals surface area contributed by atoms with Crippen molar-refractivity contribution in [2.75, 3.05) is 0 Å². The molecule has 0 amide bonds. The van der Waals surface area contributed by atoms with E-state index in [4.69, 9.17) is 12.2 Å². The van der Waals surface area contributed by atoms with Gasteiger partial charge in [0.25, 0.3) is 0 Å². The highest BCUT2D eigenvalue weighted by molar-refractivity contribution is 9.10. The van der Waals surface area contributed by atoms with Gasteiger partial charge in [0.2, 0.25) is 0 Å². The molecule has 3 nitrogen and oxygen atoms in total. The maximum atomic E-state index is 5.27. The number of rotatable bonds is 3. The Morgan fingerprint density at radius 3 is 2.88 bits per heavy atom. The molecule has 5 heteroatoms. The molecular formula is C12H14BrN3S. The number of halogens is 1. The number of hydrogen-bond acceptors (Lipinski definition) is 2. The Kier molecular flexibility index (Phi) is 3.79. The van der Waals surface area contributed by atoms with E-state index < -0.39 is 0 Å². The third-order valence-corrected chi connectivity index (χ3v) is 3.76. The Bertz CT molecular complexity index is 586. The fourth-order valence-corrected chi connectivity index (χ4v) is 2.33. The predicted octanol–water partition coefficient (Wildman–Crippen LogP) is 3.95. The summed E-state index contributed by atoms with van der Waals surface area (Å²) in [6.45, 7) is 4.20. The summed E-state index contributed by atoms with van der Waals surface area (Å²) < 4.78 is 3.72. The summed E-state index contributed by atoms with van der Waals surface area (Å²) in [5.74, 6) is 0.980. The molecule has 0 radical (unpaired) electrons. The first-order valence-electron chi connectivity index (χ1n) is 5.56. The van der Waals surface area contributed by atoms with Crippen LogP contribution >= 0.6 is 28.1 Å². The molecule has 0 spiro atoms. The highest BCUT2D eigenvalue weighted by atomic mass is 79.9. The third-order valence-electron chi connectivity index (χ3n) is 2.63. The van der Waals surface area contributed by atoms with E-state index in [1.165, 1.54) is 5.56 Å². The lowest BCUT2D eigenvalue weighted by Gasteiger charge is -2.07. The van der Waals surface area contributed by atoms with Gasteiger partial charge in [-0.2, -0.15) is 5.10 Å². The Balaban J connectivity index is 2.55. The van der Waals surface area contributed by atoms with E-state index in [1.807, 2.05) is 4.57 Å². The van der Waals surface area contributed by atoms with E-state index in [0.717, 1.165) is 28.8 Å². The first kappa shape index (κ1) is 12.5. The summed E-state index contributed by atoms with van der Waals surface area (Å²) >= 11 is 8.82. The van der Waals surface area contributed by atoms with Crippen LogP contribution in [-0.4, -0.2) is 14.8 Å². The van der Waals surface area contributed by atoms with Gasteiger partial charge in [0.1, 0.15) is 5.82 Å². The molecule has 0 aliphatic heterocycles. The van der Waals surface area contributed by atoms with Gasteiger partial charge in [0.15, 0.2) is 4.77 Å². The second kappa shape index (κ2) is 5.14. The molecule has 1 aromatic heterocycles. The van der Waals surface area contributed by atoms with Crippen LogP contribution in [0.1, 0.15) is 24.7 Å². The number of nitrogens with zero attached hydrogens (tertiary/aromatic N) is 2. The van der Waals surface area contributed by atoms with Gasteiger partial charge in [-0.3, -0.25) is 9.67 Å². The third kappa shape index (κ3) is 2.50. The van der Waals surface area contributed by atoms with Crippen molar-refractivity contribution < 1.29 is 0 Å². The lowest BCUT2D eigenvalue weighted by molar-refractivity contribution is 0.801. The molecule has 0 atom stereocenters. The zero-order valence-electron chi connectivity index (χ0n) is 9.83. The zero-order valence-corrected chi connectivity index (χ0v) is 12.2. The number of hydrogen-bond donors (Lipinski definition) is 1. The van der Waals surface area contributed by atoms with Crippen molar-refractivity contribution in [3.05, 3.63) is 38.8 Å². The number of H-pyrrole nitrogens is 1. The quantitative estimate of drug-likeness (QED) is 0.871. The van der Waals surface area contributed by atoms with Crippen LogP contribution < -0.4 is 0 Å². The van der Waals surface area contributed by atoms with Crippen molar-refractivity contribution in [1.82, 2.24) is 14.8 Å². The van der Waals surface area contributed by atoms with Gasteiger partial charge < -0.3 is 0 Å². The topological polar surface area (TPSA) is 33.6 Å². The molecule has 0 unspecified atom stereocenters. The van der Waals surface area contributed by atoms with Gasteiger partial charge in [-0.05, 0) is 43.3 Å². The van der Waals surface area contributed by atoms with E-state index in [-0.39, 0.29) is 0 Å². The second-order valence-electron chi connectivity index (χ2n) is 3.96. The van der Waals surface area contributed by atoms with Crippen LogP contribution in [0.25, 0.3) is 5.69 Å². The van der Waals surface area contributed by atoms with E-state index in [9.17, 15) is 0 Å². The molecule has 0 saturated heterocycles. The molecule has 0 bridgehead atoms. The molecule has 1 N–H and O–H groups in total. The van der Waals surface area contributed by atoms with E-state index >= 15 is 0 Å². The maximum Gasteiger partial charge on any atom is 0.199 e. The summed E-state index contributed by atoms with van der Waals surface area (Å²) in [5.41, 5.74) is 2.26. The monoisotopic (exact) mass is 311 g/mol. The summed E-state index contributed by atoms with van der Waals surface area (Å²) in [4.78, 5) is 0. The van der Waals surface area contributed by atoms with Crippen LogP contribution in [0, 0.1) is 11.7 Å². The predicted molar refractivity (Wildman–Crippen MR) is 75.2 cm³/mol. The number of aryl methyl sites for hydroxylation is 2. The van der Waals surface area contributed by atoms with Crippen molar-refractivity contribution in [3.8, 4) is 5.69 Å². The Morgan fingerprint density at radius 1 is 1.47 bits per heavy atom. The van der Waals surface area contributed by atoms with E-state index in [2.05, 4.69) is 58.2 Å². The Labute approximate surface area is 114 Å². The Morgan fingerprint density at radius 2 is 2.24 bits per heavy atom. The molecular weight excluding hydrogens is 298 g/mol. The number of benzene rings is 1. The fourth-order valence-electron chi connectivity index (χ4n) is 1.71. The first-order chi connectivity index (χ1) is 8.13. The average Bonchev–Trinajstić information content (AvgIpc) is 2.65. The van der Waals surface area contributed by atoms with E-state index in [0.29, 0.717) is 4.77 Å². The summed E-state index contributed by atoms with van der Waals surface area (Å²) in [6.07, 6.45) is 1.96. The molecule has 1 aromatic carbocycles. The van der Waals surface area contributed by atoms with Gasteiger partial charge >= 0.3 is 0 Å². The van der Waals surface area contributed by atoms with E-state index in [1.54, 1.807) is 0 Å². The Hall–Kier alpha value is -0.940. The lowest BCUT2D eigenvalue weighted by atomic mass is 10.2. The van der Waals surface area contributed by atoms with Crippen LogP contribution in [0.3, 0.4) is 0 Å². The van der Waals surface area contributed by atoms with Crippen molar-refractivity contribution in [3.63, 3.8) is 0 Å². The standard InChI is InChI=1S/C12H14BrN3S/c1-3-4-11-14-15-12(17)16(11)9-6-5-8(2)10(13)7-9/h5-7H,3-4H2,1-2H3,(H,15,17). The van der Waals surface area contributed by atoms with Gasteiger partial charge in [0, 0.05) is 10.9 Å². The minimum Gasteiger partial charge on any atom is -0.272 e. The molecule has 1 heterocycles. The SMILES string of the molecule is CCCc1n[nH]c(=S)n1-c1ccc(C)c(Br)c1. The maximum absolute atomic E-state index is 5.27. The molecule has 0 aliphatic carbocycles. The molecule has 17 heavy (non-hydrogen) atoms. The van der Waals surface area contributed by atoms with Crippen molar-refractivity contribution in [2.24, 2.45) is 0 Å². The lowest BCUT2D eigenvalue weighted by Crippen LogP contribution is -2.01. The van der Waals surface area contributed by atoms with Crippen molar-refractivity contribution in [2.45, 2.75) is 26.7 Å². The number of aromatic nitrogens is 3. The molecule has 0 saturated carbocycles. The minimum atomic E-state index is 0.643. The summed E-state index contributed by atoms with van der Waals surface area (Å²) in [7, 11) is 0. The second-order valence-corrected chi connectivity index (χ2v) is 5.20. The summed E-state index contributed by atoms with van der Waals surface area (Å²) in [5, 5.41) is 7.12. The van der Waals surface area contributed by atoms with Crippen LogP contribution in [-0.2, 0) is 6.42 Å².